The molecule has 34 heavy (non-hydrogen) atoms. The van der Waals surface area contributed by atoms with E-state index in [1.54, 1.807) is 27.8 Å². The number of fused-ring (bicyclic) bond motifs is 1. The third kappa shape index (κ3) is 4.14. The molecule has 0 saturated carbocycles. The Morgan fingerprint density at radius 1 is 1.09 bits per heavy atom. The molecule has 1 aliphatic rings. The van der Waals surface area contributed by atoms with Crippen LogP contribution in [0, 0.1) is 13.8 Å². The van der Waals surface area contributed by atoms with Crippen molar-refractivity contribution in [3.8, 4) is 5.75 Å². The van der Waals surface area contributed by atoms with Crippen LogP contribution in [-0.4, -0.2) is 53.5 Å². The van der Waals surface area contributed by atoms with Crippen LogP contribution in [0.5, 0.6) is 5.75 Å². The zero-order valence-corrected chi connectivity index (χ0v) is 19.5. The number of rotatable bonds is 6. The van der Waals surface area contributed by atoms with Gasteiger partial charge in [0.05, 0.1) is 10.9 Å². The predicted molar refractivity (Wildman–Crippen MR) is 131 cm³/mol. The average molecular weight is 461 g/mol. The molecule has 0 spiro atoms. The summed E-state index contributed by atoms with van der Waals surface area (Å²) < 4.78 is 3.43. The zero-order chi connectivity index (χ0) is 23.8. The fourth-order valence-electron chi connectivity index (χ4n) is 4.31. The number of amides is 1. The van der Waals surface area contributed by atoms with Crippen LogP contribution in [0.1, 0.15) is 24.0 Å². The summed E-state index contributed by atoms with van der Waals surface area (Å²) >= 11 is 0. The third-order valence-corrected chi connectivity index (χ3v) is 6.28. The Kier molecular flexibility index (Phi) is 5.56. The lowest BCUT2D eigenvalue weighted by atomic mass is 10.1. The maximum Gasteiger partial charge on any atom is 0.244 e. The minimum absolute atomic E-state index is 0.0961. The van der Waals surface area contributed by atoms with Crippen molar-refractivity contribution < 1.29 is 9.90 Å². The van der Waals surface area contributed by atoms with E-state index >= 15 is 0 Å². The van der Waals surface area contributed by atoms with Crippen LogP contribution in [0.4, 0.5) is 23.1 Å². The molecule has 0 radical (unpaired) electrons. The lowest BCUT2D eigenvalue weighted by Crippen LogP contribution is -2.31. The van der Waals surface area contributed by atoms with E-state index in [4.69, 9.17) is 0 Å². The van der Waals surface area contributed by atoms with Crippen LogP contribution in [-0.2, 0) is 18.4 Å². The number of aryl methyl sites for hydroxylation is 2. The van der Waals surface area contributed by atoms with Crippen LogP contribution in [0.15, 0.2) is 36.7 Å². The maximum absolute atomic E-state index is 12.4. The number of benzene rings is 1. The molecule has 4 aromatic rings. The number of nitrogens with zero attached hydrogens (tertiary/aromatic N) is 6. The van der Waals surface area contributed by atoms with E-state index in [1.807, 2.05) is 44.0 Å². The molecule has 0 atom stereocenters. The molecular weight excluding hydrogens is 432 g/mol. The molecule has 1 amide bonds. The summed E-state index contributed by atoms with van der Waals surface area (Å²) in [5, 5.41) is 26.6. The van der Waals surface area contributed by atoms with Crippen LogP contribution in [0.2, 0.25) is 0 Å². The van der Waals surface area contributed by atoms with Gasteiger partial charge in [0.15, 0.2) is 11.6 Å². The van der Waals surface area contributed by atoms with Crippen LogP contribution in [0.25, 0.3) is 10.9 Å². The highest BCUT2D eigenvalue weighted by atomic mass is 16.3. The molecule has 1 aliphatic heterocycles. The quantitative estimate of drug-likeness (QED) is 0.403. The Morgan fingerprint density at radius 2 is 1.88 bits per heavy atom. The molecular formula is C24H28N8O2. The molecule has 0 aliphatic carbocycles. The second-order valence-corrected chi connectivity index (χ2v) is 8.70. The summed E-state index contributed by atoms with van der Waals surface area (Å²) in [6, 6.07) is 7.29. The molecule has 0 bridgehead atoms. The van der Waals surface area contributed by atoms with Gasteiger partial charge in [-0.15, -0.1) is 0 Å². The van der Waals surface area contributed by atoms with Gasteiger partial charge in [-0.3, -0.25) is 14.2 Å². The van der Waals surface area contributed by atoms with E-state index in [-0.39, 0.29) is 18.2 Å². The first-order chi connectivity index (χ1) is 16.4. The van der Waals surface area contributed by atoms with E-state index in [2.05, 4.69) is 25.8 Å². The van der Waals surface area contributed by atoms with Crippen molar-refractivity contribution in [1.29, 1.82) is 0 Å². The molecule has 3 aromatic heterocycles. The van der Waals surface area contributed by atoms with E-state index in [0.29, 0.717) is 17.5 Å². The molecule has 1 aromatic carbocycles. The molecule has 1 saturated heterocycles. The highest BCUT2D eigenvalue weighted by molar-refractivity contribution is 5.93. The molecule has 10 heteroatoms. The number of pyridine rings is 1. The monoisotopic (exact) mass is 460 g/mol. The smallest absolute Gasteiger partial charge is 0.244 e. The lowest BCUT2D eigenvalue weighted by molar-refractivity contribution is -0.130. The molecule has 176 valence electrons. The Bertz CT molecular complexity index is 1370. The summed E-state index contributed by atoms with van der Waals surface area (Å²) in [6.45, 7) is 5.76. The van der Waals surface area contributed by atoms with Crippen LogP contribution >= 0.6 is 0 Å². The molecule has 1 fully saturated rings. The highest BCUT2D eigenvalue weighted by Crippen LogP contribution is 2.33. The summed E-state index contributed by atoms with van der Waals surface area (Å²) in [5.74, 6) is 2.24. The van der Waals surface area contributed by atoms with Crippen molar-refractivity contribution in [3.05, 3.63) is 47.8 Å². The fourth-order valence-corrected chi connectivity index (χ4v) is 4.31. The van der Waals surface area contributed by atoms with E-state index < -0.39 is 0 Å². The summed E-state index contributed by atoms with van der Waals surface area (Å²) in [6.07, 6.45) is 5.70. The van der Waals surface area contributed by atoms with E-state index in [9.17, 15) is 9.90 Å². The molecule has 0 unspecified atom stereocenters. The Morgan fingerprint density at radius 3 is 2.68 bits per heavy atom. The van der Waals surface area contributed by atoms with Gasteiger partial charge in [-0.2, -0.15) is 10.2 Å². The average Bonchev–Trinajstić information content (AvgIpc) is 3.56. The normalized spacial score (nSPS) is 13.6. The summed E-state index contributed by atoms with van der Waals surface area (Å²) in [7, 11) is 1.87. The van der Waals surface area contributed by atoms with E-state index in [1.165, 1.54) is 0 Å². The molecule has 4 heterocycles. The number of nitrogens with one attached hydrogen (secondary N) is 2. The minimum Gasteiger partial charge on any atom is -0.508 e. The number of phenolic OH excluding ortho intramolecular Hbond substituents is 1. The fraction of sp³-hybridized carbons (Fsp3) is 0.333. The van der Waals surface area contributed by atoms with Crippen LogP contribution < -0.4 is 10.6 Å². The second-order valence-electron chi connectivity index (χ2n) is 8.70. The van der Waals surface area contributed by atoms with Crippen molar-refractivity contribution >= 4 is 40.0 Å². The number of hydrogen-bond donors (Lipinski definition) is 3. The van der Waals surface area contributed by atoms with Crippen molar-refractivity contribution in [2.45, 2.75) is 33.2 Å². The molecule has 5 rings (SSSR count). The minimum atomic E-state index is 0.0961. The van der Waals surface area contributed by atoms with E-state index in [0.717, 1.165) is 53.6 Å². The Hall–Kier alpha value is -4.08. The van der Waals surface area contributed by atoms with Gasteiger partial charge in [0.25, 0.3) is 0 Å². The number of carbonyl (C=O) groups excluding carboxylic acids is 1. The van der Waals surface area contributed by atoms with Gasteiger partial charge in [-0.25, -0.2) is 4.98 Å². The SMILES string of the molecule is Cc1ccc(O)c(C)c1Nc1nn(C)c2cc(Nc3ccn(CC(=O)N4CCCC4)n3)ncc12. The van der Waals surface area contributed by atoms with Crippen LogP contribution in [0.3, 0.4) is 0 Å². The van der Waals surface area contributed by atoms with Gasteiger partial charge in [0.2, 0.25) is 5.91 Å². The molecule has 3 N–H and O–H groups in total. The van der Waals surface area contributed by atoms with Gasteiger partial charge in [-0.05, 0) is 38.3 Å². The number of phenols is 1. The number of hydrogen-bond acceptors (Lipinski definition) is 7. The van der Waals surface area contributed by atoms with Crippen molar-refractivity contribution in [1.82, 2.24) is 29.4 Å². The number of carbonyl (C=O) groups is 1. The molecule has 10 nitrogen and oxygen atoms in total. The topological polar surface area (TPSA) is 113 Å². The highest BCUT2D eigenvalue weighted by Gasteiger charge is 2.19. The number of aromatic nitrogens is 5. The second kappa shape index (κ2) is 8.69. The first-order valence-corrected chi connectivity index (χ1v) is 11.4. The Labute approximate surface area is 197 Å². The van der Waals surface area contributed by atoms with Crippen molar-refractivity contribution in [2.75, 3.05) is 23.7 Å². The summed E-state index contributed by atoms with van der Waals surface area (Å²) in [4.78, 5) is 18.8. The standard InChI is InChI=1S/C24H28N8O2/c1-15-6-7-19(33)16(2)23(15)27-24-17-13-25-21(12-18(17)30(3)29-24)26-20-8-11-32(28-20)14-22(34)31-9-4-5-10-31/h6-8,11-13,33H,4-5,9-10,14H2,1-3H3,(H,27,29)(H,25,26,28). The first-order valence-electron chi connectivity index (χ1n) is 11.4. The first kappa shape index (κ1) is 21.7. The lowest BCUT2D eigenvalue weighted by Gasteiger charge is -2.14. The largest absolute Gasteiger partial charge is 0.508 e. The number of likely N-dealkylation sites (tertiary alicyclic amines) is 1. The third-order valence-electron chi connectivity index (χ3n) is 6.28. The van der Waals surface area contributed by atoms with Gasteiger partial charge in [-0.1, -0.05) is 6.07 Å². The van der Waals surface area contributed by atoms with Crippen molar-refractivity contribution in [2.24, 2.45) is 7.05 Å². The number of anilines is 4. The maximum atomic E-state index is 12.4. The zero-order valence-electron chi connectivity index (χ0n) is 19.5. The van der Waals surface area contributed by atoms with Gasteiger partial charge < -0.3 is 20.6 Å². The Balaban J connectivity index is 1.34. The van der Waals surface area contributed by atoms with Gasteiger partial charge in [0.1, 0.15) is 18.1 Å². The van der Waals surface area contributed by atoms with Gasteiger partial charge in [0, 0.05) is 55.9 Å². The van der Waals surface area contributed by atoms with Gasteiger partial charge >= 0.3 is 0 Å². The number of aromatic hydroxyl groups is 1. The summed E-state index contributed by atoms with van der Waals surface area (Å²) in [5.41, 5.74) is 3.50. The predicted octanol–water partition coefficient (Wildman–Crippen LogP) is 3.60. The van der Waals surface area contributed by atoms with Crippen molar-refractivity contribution in [3.63, 3.8) is 0 Å².